The fourth-order valence-electron chi connectivity index (χ4n) is 0.182. The first kappa shape index (κ1) is 12.8. The zero-order valence-corrected chi connectivity index (χ0v) is 7.92. The van der Waals surface area contributed by atoms with Crippen molar-refractivity contribution in [2.24, 2.45) is 0 Å². The first-order valence-corrected chi connectivity index (χ1v) is 4.22. The van der Waals surface area contributed by atoms with E-state index in [4.69, 9.17) is 4.55 Å². The molecule has 0 aromatic carbocycles. The SMILES string of the molecule is CCC(C)(C)S(=O)(=O)O.Cl. The fourth-order valence-corrected chi connectivity index (χ4v) is 0.547. The van der Waals surface area contributed by atoms with Gasteiger partial charge < -0.3 is 0 Å². The van der Waals surface area contributed by atoms with E-state index in [-0.39, 0.29) is 12.4 Å². The van der Waals surface area contributed by atoms with Gasteiger partial charge in [-0.2, -0.15) is 8.42 Å². The summed E-state index contributed by atoms with van der Waals surface area (Å²) >= 11 is 0. The molecule has 0 heterocycles. The minimum Gasteiger partial charge on any atom is -0.285 e. The van der Waals surface area contributed by atoms with Crippen LogP contribution in [-0.2, 0) is 10.1 Å². The van der Waals surface area contributed by atoms with Crippen LogP contribution in [0.25, 0.3) is 0 Å². The van der Waals surface area contributed by atoms with E-state index in [0.29, 0.717) is 6.42 Å². The van der Waals surface area contributed by atoms with E-state index < -0.39 is 14.9 Å². The van der Waals surface area contributed by atoms with Crippen LogP contribution in [0.1, 0.15) is 27.2 Å². The van der Waals surface area contributed by atoms with Gasteiger partial charge in [0.15, 0.2) is 0 Å². The molecule has 0 amide bonds. The van der Waals surface area contributed by atoms with Gasteiger partial charge in [-0.05, 0) is 20.3 Å². The molecular weight excluding hydrogens is 176 g/mol. The summed E-state index contributed by atoms with van der Waals surface area (Å²) in [5.74, 6) is 0. The summed E-state index contributed by atoms with van der Waals surface area (Å²) in [5, 5.41) is 0. The molecule has 0 spiro atoms. The summed E-state index contributed by atoms with van der Waals surface area (Å²) in [5.41, 5.74) is 0. The summed E-state index contributed by atoms with van der Waals surface area (Å²) in [6.07, 6.45) is 0.422. The maximum Gasteiger partial charge on any atom is 0.270 e. The lowest BCUT2D eigenvalue weighted by Gasteiger charge is -2.17. The van der Waals surface area contributed by atoms with Crippen LogP contribution in [0.15, 0.2) is 0 Å². The Morgan fingerprint density at radius 1 is 1.40 bits per heavy atom. The quantitative estimate of drug-likeness (QED) is 0.668. The maximum absolute atomic E-state index is 10.4. The summed E-state index contributed by atoms with van der Waals surface area (Å²) in [6, 6.07) is 0. The van der Waals surface area contributed by atoms with Gasteiger partial charge in [-0.1, -0.05) is 6.92 Å². The van der Waals surface area contributed by atoms with E-state index >= 15 is 0 Å². The van der Waals surface area contributed by atoms with E-state index in [1.165, 1.54) is 13.8 Å². The van der Waals surface area contributed by atoms with E-state index in [9.17, 15) is 8.42 Å². The molecule has 10 heavy (non-hydrogen) atoms. The second kappa shape index (κ2) is 3.55. The van der Waals surface area contributed by atoms with E-state index in [2.05, 4.69) is 0 Å². The third-order valence-corrected chi connectivity index (χ3v) is 3.24. The number of rotatable bonds is 2. The van der Waals surface area contributed by atoms with Crippen molar-refractivity contribution < 1.29 is 13.0 Å². The van der Waals surface area contributed by atoms with Crippen LogP contribution in [0.4, 0.5) is 0 Å². The summed E-state index contributed by atoms with van der Waals surface area (Å²) < 4.78 is 28.4. The molecule has 0 radical (unpaired) electrons. The molecule has 0 fully saturated rings. The number of hydrogen-bond acceptors (Lipinski definition) is 2. The molecule has 0 aliphatic heterocycles. The highest BCUT2D eigenvalue weighted by Crippen LogP contribution is 2.17. The van der Waals surface area contributed by atoms with Crippen LogP contribution in [0.5, 0.6) is 0 Å². The molecule has 5 heteroatoms. The largest absolute Gasteiger partial charge is 0.285 e. The molecular formula is C5H13ClO3S. The van der Waals surface area contributed by atoms with Gasteiger partial charge in [0.05, 0.1) is 4.75 Å². The Labute approximate surface area is 68.0 Å². The zero-order chi connectivity index (χ0) is 7.71. The normalized spacial score (nSPS) is 12.4. The molecule has 0 aliphatic carbocycles. The minimum atomic E-state index is -3.85. The first-order valence-electron chi connectivity index (χ1n) is 2.78. The lowest BCUT2D eigenvalue weighted by atomic mass is 10.1. The van der Waals surface area contributed by atoms with E-state index in [1.807, 2.05) is 0 Å². The molecule has 64 valence electrons. The molecule has 0 saturated heterocycles. The molecule has 0 bridgehead atoms. The average molecular weight is 189 g/mol. The van der Waals surface area contributed by atoms with Crippen LogP contribution in [0.3, 0.4) is 0 Å². The molecule has 0 aliphatic rings. The fraction of sp³-hybridized carbons (Fsp3) is 1.00. The Bertz CT molecular complexity index is 183. The van der Waals surface area contributed by atoms with Gasteiger partial charge in [0.25, 0.3) is 10.1 Å². The molecule has 0 unspecified atom stereocenters. The van der Waals surface area contributed by atoms with Gasteiger partial charge in [0.1, 0.15) is 0 Å². The standard InChI is InChI=1S/C5H12O3S.ClH/c1-4-5(2,3)9(6,7)8;/h4H2,1-3H3,(H,6,7,8);1H. The molecule has 0 atom stereocenters. The third-order valence-electron chi connectivity index (χ3n) is 1.55. The van der Waals surface area contributed by atoms with Crippen LogP contribution in [0.2, 0.25) is 0 Å². The molecule has 3 nitrogen and oxygen atoms in total. The Morgan fingerprint density at radius 2 is 1.70 bits per heavy atom. The van der Waals surface area contributed by atoms with Gasteiger partial charge >= 0.3 is 0 Å². The van der Waals surface area contributed by atoms with Crippen molar-refractivity contribution >= 4 is 22.5 Å². The highest BCUT2D eigenvalue weighted by Gasteiger charge is 2.29. The smallest absolute Gasteiger partial charge is 0.270 e. The molecule has 1 N–H and O–H groups in total. The third kappa shape index (κ3) is 2.86. The van der Waals surface area contributed by atoms with Crippen molar-refractivity contribution in [1.29, 1.82) is 0 Å². The monoisotopic (exact) mass is 188 g/mol. The molecule has 0 saturated carbocycles. The van der Waals surface area contributed by atoms with Gasteiger partial charge in [0, 0.05) is 0 Å². The second-order valence-corrected chi connectivity index (χ2v) is 4.64. The van der Waals surface area contributed by atoms with Crippen molar-refractivity contribution in [3.63, 3.8) is 0 Å². The minimum absolute atomic E-state index is 0. The van der Waals surface area contributed by atoms with E-state index in [0.717, 1.165) is 0 Å². The first-order chi connectivity index (χ1) is 3.81. The van der Waals surface area contributed by atoms with Crippen LogP contribution in [0, 0.1) is 0 Å². The van der Waals surface area contributed by atoms with Crippen LogP contribution < -0.4 is 0 Å². The topological polar surface area (TPSA) is 54.4 Å². The Kier molecular flexibility index (Phi) is 4.56. The van der Waals surface area contributed by atoms with Gasteiger partial charge in [-0.15, -0.1) is 12.4 Å². The average Bonchev–Trinajstić information content (AvgIpc) is 1.64. The van der Waals surface area contributed by atoms with Crippen molar-refractivity contribution in [3.05, 3.63) is 0 Å². The van der Waals surface area contributed by atoms with Crippen molar-refractivity contribution in [1.82, 2.24) is 0 Å². The second-order valence-electron chi connectivity index (χ2n) is 2.59. The zero-order valence-electron chi connectivity index (χ0n) is 6.29. The van der Waals surface area contributed by atoms with Crippen molar-refractivity contribution in [3.8, 4) is 0 Å². The van der Waals surface area contributed by atoms with Gasteiger partial charge in [-0.3, -0.25) is 4.55 Å². The number of halogens is 1. The molecule has 0 aromatic heterocycles. The van der Waals surface area contributed by atoms with E-state index in [1.54, 1.807) is 6.92 Å². The highest BCUT2D eigenvalue weighted by molar-refractivity contribution is 7.87. The Balaban J connectivity index is 0. The van der Waals surface area contributed by atoms with Gasteiger partial charge in [-0.25, -0.2) is 0 Å². The summed E-state index contributed by atoms with van der Waals surface area (Å²) in [6.45, 7) is 4.69. The molecule has 0 aromatic rings. The number of hydrogen-bond donors (Lipinski definition) is 1. The summed E-state index contributed by atoms with van der Waals surface area (Å²) in [7, 11) is -3.85. The Morgan fingerprint density at radius 3 is 1.70 bits per heavy atom. The lowest BCUT2D eigenvalue weighted by Crippen LogP contribution is -2.29. The maximum atomic E-state index is 10.4. The predicted molar refractivity (Wildman–Crippen MR) is 43.2 cm³/mol. The predicted octanol–water partition coefficient (Wildman–Crippen LogP) is 1.48. The lowest BCUT2D eigenvalue weighted by molar-refractivity contribution is 0.437. The van der Waals surface area contributed by atoms with Gasteiger partial charge in [0.2, 0.25) is 0 Å². The highest BCUT2D eigenvalue weighted by atomic mass is 35.5. The van der Waals surface area contributed by atoms with Crippen LogP contribution >= 0.6 is 12.4 Å². The Hall–Kier alpha value is 0.200. The van der Waals surface area contributed by atoms with Crippen LogP contribution in [-0.4, -0.2) is 17.7 Å². The van der Waals surface area contributed by atoms with Crippen molar-refractivity contribution in [2.75, 3.05) is 0 Å². The molecule has 0 rings (SSSR count). The summed E-state index contributed by atoms with van der Waals surface area (Å²) in [4.78, 5) is 0. The van der Waals surface area contributed by atoms with Crippen molar-refractivity contribution in [2.45, 2.75) is 31.9 Å².